The molecule has 1 heterocycles. The quantitative estimate of drug-likeness (QED) is 0.887. The second-order valence-electron chi connectivity index (χ2n) is 4.85. The van der Waals surface area contributed by atoms with Crippen molar-refractivity contribution in [3.63, 3.8) is 0 Å². The standard InChI is InChI=1S/C14H19NO3/c1-15(2)11-7-5-10(6-8-11)13(14(16)17)12-4-3-9-18-12/h5-8,12-13H,3-4,9H2,1-2H3,(H,16,17). The number of carboxylic acid groups (broad SMARTS) is 1. The zero-order chi connectivity index (χ0) is 13.1. The number of carbonyl (C=O) groups is 1. The summed E-state index contributed by atoms with van der Waals surface area (Å²) in [5.74, 6) is -1.36. The van der Waals surface area contributed by atoms with Crippen LogP contribution in [0.2, 0.25) is 0 Å². The van der Waals surface area contributed by atoms with Gasteiger partial charge in [0.05, 0.1) is 6.10 Å². The fourth-order valence-corrected chi connectivity index (χ4v) is 2.36. The zero-order valence-electron chi connectivity index (χ0n) is 10.8. The molecule has 4 nitrogen and oxygen atoms in total. The summed E-state index contributed by atoms with van der Waals surface area (Å²) in [6.07, 6.45) is 1.59. The van der Waals surface area contributed by atoms with Crippen molar-refractivity contribution in [2.45, 2.75) is 24.9 Å². The second kappa shape index (κ2) is 5.40. The fourth-order valence-electron chi connectivity index (χ4n) is 2.36. The number of hydrogen-bond acceptors (Lipinski definition) is 3. The molecule has 0 aromatic heterocycles. The molecule has 2 unspecified atom stereocenters. The van der Waals surface area contributed by atoms with E-state index in [2.05, 4.69) is 0 Å². The Kier molecular flexibility index (Phi) is 3.87. The van der Waals surface area contributed by atoms with Crippen LogP contribution in [0.25, 0.3) is 0 Å². The summed E-state index contributed by atoms with van der Waals surface area (Å²) in [5.41, 5.74) is 1.88. The van der Waals surface area contributed by atoms with Gasteiger partial charge in [0, 0.05) is 26.4 Å². The minimum atomic E-state index is -0.806. The molecule has 0 amide bonds. The topological polar surface area (TPSA) is 49.8 Å². The summed E-state index contributed by atoms with van der Waals surface area (Å²) in [5, 5.41) is 9.38. The van der Waals surface area contributed by atoms with Crippen LogP contribution in [0, 0.1) is 0 Å². The molecule has 4 heteroatoms. The SMILES string of the molecule is CN(C)c1ccc(C(C(=O)O)C2CCCO2)cc1. The first-order chi connectivity index (χ1) is 8.59. The first kappa shape index (κ1) is 12.9. The van der Waals surface area contributed by atoms with Crippen LogP contribution < -0.4 is 4.90 Å². The Labute approximate surface area is 107 Å². The van der Waals surface area contributed by atoms with Gasteiger partial charge in [0.25, 0.3) is 0 Å². The monoisotopic (exact) mass is 249 g/mol. The summed E-state index contributed by atoms with van der Waals surface area (Å²) in [7, 11) is 3.92. The van der Waals surface area contributed by atoms with Crippen molar-refractivity contribution in [1.82, 2.24) is 0 Å². The molecule has 1 aliphatic heterocycles. The minimum absolute atomic E-state index is 0.187. The number of aliphatic carboxylic acids is 1. The predicted molar refractivity (Wildman–Crippen MR) is 70.1 cm³/mol. The van der Waals surface area contributed by atoms with Crippen LogP contribution in [0.4, 0.5) is 5.69 Å². The second-order valence-corrected chi connectivity index (χ2v) is 4.85. The van der Waals surface area contributed by atoms with E-state index in [1.54, 1.807) is 0 Å². The van der Waals surface area contributed by atoms with E-state index >= 15 is 0 Å². The van der Waals surface area contributed by atoms with E-state index < -0.39 is 11.9 Å². The van der Waals surface area contributed by atoms with Gasteiger partial charge in [0.2, 0.25) is 0 Å². The molecule has 1 aliphatic rings. The number of rotatable bonds is 4. The number of anilines is 1. The lowest BCUT2D eigenvalue weighted by atomic mass is 9.91. The Bertz CT molecular complexity index is 408. The van der Waals surface area contributed by atoms with Crippen LogP contribution in [0.5, 0.6) is 0 Å². The van der Waals surface area contributed by atoms with Crippen LogP contribution in [-0.2, 0) is 9.53 Å². The van der Waals surface area contributed by atoms with Gasteiger partial charge in [-0.25, -0.2) is 0 Å². The number of ether oxygens (including phenoxy) is 1. The molecule has 1 saturated heterocycles. The van der Waals surface area contributed by atoms with E-state index in [0.29, 0.717) is 6.61 Å². The summed E-state index contributed by atoms with van der Waals surface area (Å²) in [6.45, 7) is 0.671. The maximum Gasteiger partial charge on any atom is 0.313 e. The zero-order valence-corrected chi connectivity index (χ0v) is 10.8. The van der Waals surface area contributed by atoms with Gasteiger partial charge >= 0.3 is 5.97 Å². The van der Waals surface area contributed by atoms with Crippen molar-refractivity contribution < 1.29 is 14.6 Å². The fraction of sp³-hybridized carbons (Fsp3) is 0.500. The minimum Gasteiger partial charge on any atom is -0.481 e. The third kappa shape index (κ3) is 2.64. The molecular weight excluding hydrogens is 230 g/mol. The Morgan fingerprint density at radius 2 is 2.06 bits per heavy atom. The summed E-state index contributed by atoms with van der Waals surface area (Å²) >= 11 is 0. The van der Waals surface area contributed by atoms with Gasteiger partial charge in [-0.2, -0.15) is 0 Å². The summed E-state index contributed by atoms with van der Waals surface area (Å²) < 4.78 is 5.52. The maximum absolute atomic E-state index is 11.4. The van der Waals surface area contributed by atoms with Gasteiger partial charge in [0.1, 0.15) is 5.92 Å². The average molecular weight is 249 g/mol. The van der Waals surface area contributed by atoms with Gasteiger partial charge < -0.3 is 14.7 Å². The van der Waals surface area contributed by atoms with Crippen molar-refractivity contribution in [1.29, 1.82) is 0 Å². The predicted octanol–water partition coefficient (Wildman–Crippen LogP) is 2.10. The van der Waals surface area contributed by atoms with Crippen LogP contribution in [0.1, 0.15) is 24.3 Å². The Morgan fingerprint density at radius 3 is 2.50 bits per heavy atom. The molecule has 98 valence electrons. The lowest BCUT2D eigenvalue weighted by Gasteiger charge is -2.20. The molecule has 1 aromatic rings. The number of nitrogens with zero attached hydrogens (tertiary/aromatic N) is 1. The van der Waals surface area contributed by atoms with Crippen LogP contribution in [-0.4, -0.2) is 37.9 Å². The highest BCUT2D eigenvalue weighted by Gasteiger charge is 2.32. The number of hydrogen-bond donors (Lipinski definition) is 1. The first-order valence-corrected chi connectivity index (χ1v) is 6.21. The number of carboxylic acids is 1. The first-order valence-electron chi connectivity index (χ1n) is 6.21. The van der Waals surface area contributed by atoms with E-state index in [9.17, 15) is 9.90 Å². The Hall–Kier alpha value is -1.55. The highest BCUT2D eigenvalue weighted by Crippen LogP contribution is 2.30. The normalized spacial score (nSPS) is 20.7. The van der Waals surface area contributed by atoms with E-state index in [1.807, 2.05) is 43.3 Å². The molecule has 2 atom stereocenters. The van der Waals surface area contributed by atoms with Crippen LogP contribution in [0.15, 0.2) is 24.3 Å². The molecular formula is C14H19NO3. The number of benzene rings is 1. The molecule has 0 bridgehead atoms. The largest absolute Gasteiger partial charge is 0.481 e. The van der Waals surface area contributed by atoms with Gasteiger partial charge in [-0.05, 0) is 30.5 Å². The lowest BCUT2D eigenvalue weighted by molar-refractivity contribution is -0.141. The van der Waals surface area contributed by atoms with E-state index in [4.69, 9.17) is 4.74 Å². The molecule has 0 saturated carbocycles. The van der Waals surface area contributed by atoms with Gasteiger partial charge in [-0.15, -0.1) is 0 Å². The summed E-state index contributed by atoms with van der Waals surface area (Å²) in [6, 6.07) is 7.66. The molecule has 0 aliphatic carbocycles. The van der Waals surface area contributed by atoms with Crippen molar-refractivity contribution in [3.8, 4) is 0 Å². The van der Waals surface area contributed by atoms with E-state index in [-0.39, 0.29) is 6.10 Å². The maximum atomic E-state index is 11.4. The molecule has 2 rings (SSSR count). The van der Waals surface area contributed by atoms with Crippen LogP contribution in [0.3, 0.4) is 0 Å². The highest BCUT2D eigenvalue weighted by atomic mass is 16.5. The smallest absolute Gasteiger partial charge is 0.313 e. The van der Waals surface area contributed by atoms with E-state index in [0.717, 1.165) is 24.1 Å². The van der Waals surface area contributed by atoms with E-state index in [1.165, 1.54) is 0 Å². The lowest BCUT2D eigenvalue weighted by Crippen LogP contribution is -2.25. The van der Waals surface area contributed by atoms with Crippen molar-refractivity contribution in [3.05, 3.63) is 29.8 Å². The molecule has 18 heavy (non-hydrogen) atoms. The molecule has 1 fully saturated rings. The van der Waals surface area contributed by atoms with Crippen molar-refractivity contribution in [2.24, 2.45) is 0 Å². The Morgan fingerprint density at radius 1 is 1.39 bits per heavy atom. The van der Waals surface area contributed by atoms with Crippen molar-refractivity contribution >= 4 is 11.7 Å². The average Bonchev–Trinajstić information content (AvgIpc) is 2.83. The van der Waals surface area contributed by atoms with Gasteiger partial charge in [-0.3, -0.25) is 4.79 Å². The molecule has 1 aromatic carbocycles. The third-order valence-corrected chi connectivity index (χ3v) is 3.37. The highest BCUT2D eigenvalue weighted by molar-refractivity contribution is 5.77. The van der Waals surface area contributed by atoms with Crippen molar-refractivity contribution in [2.75, 3.05) is 25.6 Å². The van der Waals surface area contributed by atoms with Crippen LogP contribution >= 0.6 is 0 Å². The third-order valence-electron chi connectivity index (χ3n) is 3.37. The molecule has 0 spiro atoms. The van der Waals surface area contributed by atoms with Gasteiger partial charge in [-0.1, -0.05) is 12.1 Å². The van der Waals surface area contributed by atoms with Gasteiger partial charge in [0.15, 0.2) is 0 Å². The molecule has 1 N–H and O–H groups in total. The molecule has 0 radical (unpaired) electrons. The summed E-state index contributed by atoms with van der Waals surface area (Å²) in [4.78, 5) is 13.4. The Balaban J connectivity index is 2.22.